The van der Waals surface area contributed by atoms with E-state index in [1.165, 1.54) is 4.88 Å². The minimum Gasteiger partial charge on any atom is -0.370 e. The number of hydrogen-bond acceptors (Lipinski definition) is 4. The highest BCUT2D eigenvalue weighted by Crippen LogP contribution is 2.35. The third kappa shape index (κ3) is 3.79. The molecule has 108 valence electrons. The molecule has 1 aliphatic rings. The van der Waals surface area contributed by atoms with Crippen LogP contribution in [0.1, 0.15) is 38.6 Å². The Bertz CT molecular complexity index is 433. The smallest absolute Gasteiger partial charge is 0.0757 e. The van der Waals surface area contributed by atoms with Crippen LogP contribution in [-0.2, 0) is 4.74 Å². The summed E-state index contributed by atoms with van der Waals surface area (Å²) < 4.78 is 7.15. The Kier molecular flexibility index (Phi) is 4.73. The first-order chi connectivity index (χ1) is 8.78. The summed E-state index contributed by atoms with van der Waals surface area (Å²) in [6, 6.07) is 4.65. The molecule has 3 nitrogen and oxygen atoms in total. The van der Waals surface area contributed by atoms with Gasteiger partial charge in [-0.15, -0.1) is 11.3 Å². The maximum absolute atomic E-state index is 6.25. The highest BCUT2D eigenvalue weighted by Gasteiger charge is 2.36. The Morgan fingerprint density at radius 3 is 2.68 bits per heavy atom. The molecule has 5 heteroatoms. The van der Waals surface area contributed by atoms with Gasteiger partial charge in [-0.25, -0.2) is 0 Å². The molecule has 1 saturated heterocycles. The molecular weight excluding hydrogens is 324 g/mol. The third-order valence-corrected chi connectivity index (χ3v) is 5.07. The second-order valence-electron chi connectivity index (χ2n) is 6.06. The zero-order valence-corrected chi connectivity index (χ0v) is 14.4. The van der Waals surface area contributed by atoms with Crippen molar-refractivity contribution in [1.29, 1.82) is 0 Å². The van der Waals surface area contributed by atoms with E-state index in [2.05, 4.69) is 60.7 Å². The molecular formula is C14H23BrN2OS. The molecule has 0 radical (unpaired) electrons. The maximum atomic E-state index is 6.25. The zero-order valence-electron chi connectivity index (χ0n) is 12.0. The van der Waals surface area contributed by atoms with Gasteiger partial charge < -0.3 is 10.5 Å². The number of nitrogens with two attached hydrogens (primary N) is 1. The van der Waals surface area contributed by atoms with Crippen LogP contribution in [0.2, 0.25) is 0 Å². The molecule has 2 heterocycles. The molecule has 1 fully saturated rings. The van der Waals surface area contributed by atoms with Gasteiger partial charge in [0.2, 0.25) is 0 Å². The molecule has 2 rings (SSSR count). The summed E-state index contributed by atoms with van der Waals surface area (Å²) in [7, 11) is 0. The Morgan fingerprint density at radius 2 is 2.21 bits per heavy atom. The van der Waals surface area contributed by atoms with Crippen molar-refractivity contribution in [3.63, 3.8) is 0 Å². The number of hydrogen-bond donors (Lipinski definition) is 1. The number of morpholine rings is 1. The monoisotopic (exact) mass is 346 g/mol. The van der Waals surface area contributed by atoms with E-state index in [0.717, 1.165) is 16.9 Å². The minimum absolute atomic E-state index is 0.103. The van der Waals surface area contributed by atoms with Gasteiger partial charge in [-0.3, -0.25) is 4.90 Å². The number of ether oxygens (including phenoxy) is 1. The van der Waals surface area contributed by atoms with Gasteiger partial charge in [-0.05, 0) is 55.8 Å². The van der Waals surface area contributed by atoms with E-state index in [1.807, 2.05) is 0 Å². The fourth-order valence-electron chi connectivity index (χ4n) is 2.97. The molecule has 0 bridgehead atoms. The molecule has 0 aliphatic carbocycles. The standard InChI is InChI=1S/C14H23BrN2OS/c1-9-7-17(8-14(3,4)18-9)13(10(2)16)11-5-6-12(15)19-11/h5-6,9-10,13H,7-8,16H2,1-4H3. The Balaban J connectivity index is 2.24. The van der Waals surface area contributed by atoms with E-state index < -0.39 is 0 Å². The van der Waals surface area contributed by atoms with Crippen LogP contribution in [-0.4, -0.2) is 35.7 Å². The summed E-state index contributed by atoms with van der Waals surface area (Å²) in [5, 5.41) is 0. The SMILES string of the molecule is CC1CN(C(c2ccc(Br)s2)C(C)N)CC(C)(C)O1. The van der Waals surface area contributed by atoms with Gasteiger partial charge in [0.25, 0.3) is 0 Å². The average Bonchev–Trinajstić information content (AvgIpc) is 2.60. The normalized spacial score (nSPS) is 27.2. The first kappa shape index (κ1) is 15.4. The molecule has 1 aromatic rings. The Hall–Kier alpha value is 0.0600. The Labute approximate surface area is 128 Å². The van der Waals surface area contributed by atoms with Crippen molar-refractivity contribution >= 4 is 27.3 Å². The van der Waals surface area contributed by atoms with Crippen LogP contribution in [0.5, 0.6) is 0 Å². The van der Waals surface area contributed by atoms with E-state index in [0.29, 0.717) is 0 Å². The average molecular weight is 347 g/mol. The molecule has 0 saturated carbocycles. The summed E-state index contributed by atoms with van der Waals surface area (Å²) in [4.78, 5) is 3.80. The van der Waals surface area contributed by atoms with Crippen LogP contribution < -0.4 is 5.73 Å². The lowest BCUT2D eigenvalue weighted by Crippen LogP contribution is -2.55. The van der Waals surface area contributed by atoms with Gasteiger partial charge in [0.05, 0.1) is 21.5 Å². The van der Waals surface area contributed by atoms with Gasteiger partial charge in [0.15, 0.2) is 0 Å². The van der Waals surface area contributed by atoms with Crippen molar-refractivity contribution < 1.29 is 4.74 Å². The molecule has 19 heavy (non-hydrogen) atoms. The van der Waals surface area contributed by atoms with Crippen LogP contribution in [0.25, 0.3) is 0 Å². The van der Waals surface area contributed by atoms with Gasteiger partial charge >= 0.3 is 0 Å². The van der Waals surface area contributed by atoms with E-state index >= 15 is 0 Å². The lowest BCUT2D eigenvalue weighted by molar-refractivity contribution is -0.139. The van der Waals surface area contributed by atoms with Crippen molar-refractivity contribution in [1.82, 2.24) is 4.90 Å². The number of nitrogens with zero attached hydrogens (tertiary/aromatic N) is 1. The van der Waals surface area contributed by atoms with E-state index in [4.69, 9.17) is 10.5 Å². The number of thiophene rings is 1. The van der Waals surface area contributed by atoms with Crippen LogP contribution in [0.3, 0.4) is 0 Å². The predicted molar refractivity (Wildman–Crippen MR) is 84.6 cm³/mol. The molecule has 1 aliphatic heterocycles. The van der Waals surface area contributed by atoms with E-state index in [-0.39, 0.29) is 23.8 Å². The zero-order chi connectivity index (χ0) is 14.2. The Morgan fingerprint density at radius 1 is 1.53 bits per heavy atom. The van der Waals surface area contributed by atoms with Gasteiger partial charge in [0, 0.05) is 24.0 Å². The molecule has 0 amide bonds. The first-order valence-electron chi connectivity index (χ1n) is 6.71. The van der Waals surface area contributed by atoms with Crippen LogP contribution in [0.15, 0.2) is 15.9 Å². The van der Waals surface area contributed by atoms with Crippen molar-refractivity contribution in [3.8, 4) is 0 Å². The number of halogens is 1. The first-order valence-corrected chi connectivity index (χ1v) is 8.32. The van der Waals surface area contributed by atoms with Gasteiger partial charge in [-0.1, -0.05) is 0 Å². The molecule has 1 aromatic heterocycles. The summed E-state index contributed by atoms with van der Waals surface area (Å²) >= 11 is 5.32. The highest BCUT2D eigenvalue weighted by molar-refractivity contribution is 9.11. The fraction of sp³-hybridized carbons (Fsp3) is 0.714. The molecule has 0 aromatic carbocycles. The van der Waals surface area contributed by atoms with Crippen molar-refractivity contribution in [3.05, 3.63) is 20.8 Å². The largest absolute Gasteiger partial charge is 0.370 e. The van der Waals surface area contributed by atoms with Gasteiger partial charge in [0.1, 0.15) is 0 Å². The predicted octanol–water partition coefficient (Wildman–Crippen LogP) is 3.40. The molecule has 2 N–H and O–H groups in total. The van der Waals surface area contributed by atoms with E-state index in [1.54, 1.807) is 11.3 Å². The van der Waals surface area contributed by atoms with Crippen molar-refractivity contribution in [2.24, 2.45) is 5.73 Å². The van der Waals surface area contributed by atoms with Crippen molar-refractivity contribution in [2.75, 3.05) is 13.1 Å². The topological polar surface area (TPSA) is 38.5 Å². The quantitative estimate of drug-likeness (QED) is 0.911. The van der Waals surface area contributed by atoms with E-state index in [9.17, 15) is 0 Å². The lowest BCUT2D eigenvalue weighted by atomic mass is 10.00. The summed E-state index contributed by atoms with van der Waals surface area (Å²) in [6.45, 7) is 10.4. The van der Waals surface area contributed by atoms with Crippen LogP contribution >= 0.6 is 27.3 Å². The van der Waals surface area contributed by atoms with Crippen molar-refractivity contribution in [2.45, 2.75) is 51.5 Å². The molecule has 0 spiro atoms. The minimum atomic E-state index is -0.112. The highest BCUT2D eigenvalue weighted by atomic mass is 79.9. The maximum Gasteiger partial charge on any atom is 0.0757 e. The fourth-order valence-corrected chi connectivity index (χ4v) is 4.65. The van der Waals surface area contributed by atoms with Crippen LogP contribution in [0, 0.1) is 0 Å². The summed E-state index contributed by atoms with van der Waals surface area (Å²) in [5.74, 6) is 0. The number of rotatable bonds is 3. The molecule has 3 unspecified atom stereocenters. The lowest BCUT2D eigenvalue weighted by Gasteiger charge is -2.46. The summed E-state index contributed by atoms with van der Waals surface area (Å²) in [6.07, 6.45) is 0.244. The third-order valence-electron chi connectivity index (χ3n) is 3.37. The molecule has 3 atom stereocenters. The summed E-state index contributed by atoms with van der Waals surface area (Å²) in [5.41, 5.74) is 6.14. The van der Waals surface area contributed by atoms with Gasteiger partial charge in [-0.2, -0.15) is 0 Å². The second-order valence-corrected chi connectivity index (χ2v) is 8.56. The second kappa shape index (κ2) is 5.82. The van der Waals surface area contributed by atoms with Crippen LogP contribution in [0.4, 0.5) is 0 Å².